The lowest BCUT2D eigenvalue weighted by Gasteiger charge is -2.13. The number of ether oxygens (including phenoxy) is 1. The van der Waals surface area contributed by atoms with E-state index in [0.717, 1.165) is 0 Å². The number of likely N-dealkylation sites (N-methyl/N-ethyl adjacent to an activating group) is 1. The molecule has 5 nitrogen and oxygen atoms in total. The van der Waals surface area contributed by atoms with Gasteiger partial charge in [0.1, 0.15) is 0 Å². The highest BCUT2D eigenvalue weighted by molar-refractivity contribution is 5.86. The Hall–Kier alpha value is -1.36. The highest BCUT2D eigenvalue weighted by atomic mass is 16.5. The number of rotatable bonds is 7. The fourth-order valence-corrected chi connectivity index (χ4v) is 0.932. The zero-order chi connectivity index (χ0) is 11.8. The van der Waals surface area contributed by atoms with Gasteiger partial charge in [-0.25, -0.2) is 4.79 Å². The normalized spacial score (nSPS) is 10.1. The largest absolute Gasteiger partial charge is 0.480 e. The summed E-state index contributed by atoms with van der Waals surface area (Å²) in [5.74, 6) is -1.27. The van der Waals surface area contributed by atoms with Crippen LogP contribution in [-0.4, -0.2) is 48.7 Å². The lowest BCUT2D eigenvalue weighted by molar-refractivity contribution is -0.140. The minimum absolute atomic E-state index is 0.00552. The van der Waals surface area contributed by atoms with Crippen LogP contribution in [0.3, 0.4) is 0 Å². The number of carboxylic acids is 1. The van der Waals surface area contributed by atoms with Gasteiger partial charge in [0.05, 0.1) is 13.2 Å². The molecule has 1 N–H and O–H groups in total. The Kier molecular flexibility index (Phi) is 6.37. The summed E-state index contributed by atoms with van der Waals surface area (Å²) >= 11 is 0. The van der Waals surface area contributed by atoms with E-state index < -0.39 is 11.9 Å². The van der Waals surface area contributed by atoms with Crippen molar-refractivity contribution in [2.45, 2.75) is 13.3 Å². The van der Waals surface area contributed by atoms with Crippen LogP contribution in [0.15, 0.2) is 12.2 Å². The minimum atomic E-state index is -0.864. The van der Waals surface area contributed by atoms with E-state index in [-0.39, 0.29) is 13.2 Å². The van der Waals surface area contributed by atoms with Crippen molar-refractivity contribution in [3.8, 4) is 0 Å². The number of esters is 1. The first kappa shape index (κ1) is 13.6. The zero-order valence-corrected chi connectivity index (χ0v) is 9.15. The molecule has 0 atom stereocenters. The number of hydrogen-bond donors (Lipinski definition) is 1. The second kappa shape index (κ2) is 7.00. The van der Waals surface area contributed by atoms with Crippen molar-refractivity contribution in [1.29, 1.82) is 0 Å². The summed E-state index contributed by atoms with van der Waals surface area (Å²) in [6.07, 6.45) is 0.614. The summed E-state index contributed by atoms with van der Waals surface area (Å²) in [4.78, 5) is 22.9. The van der Waals surface area contributed by atoms with Crippen LogP contribution in [0.5, 0.6) is 0 Å². The highest BCUT2D eigenvalue weighted by Crippen LogP contribution is 1.94. The molecule has 0 aliphatic rings. The van der Waals surface area contributed by atoms with Crippen molar-refractivity contribution in [2.75, 3.05) is 26.7 Å². The molecule has 0 aliphatic carbocycles. The van der Waals surface area contributed by atoms with Crippen molar-refractivity contribution in [3.05, 3.63) is 12.2 Å². The van der Waals surface area contributed by atoms with E-state index in [1.807, 2.05) is 0 Å². The average Bonchev–Trinajstić information content (AvgIpc) is 2.10. The molecule has 5 heteroatoms. The van der Waals surface area contributed by atoms with Gasteiger partial charge in [-0.1, -0.05) is 6.58 Å². The first-order valence-electron chi connectivity index (χ1n) is 4.66. The van der Waals surface area contributed by atoms with Gasteiger partial charge in [0.15, 0.2) is 0 Å². The second-order valence-corrected chi connectivity index (χ2v) is 3.40. The van der Waals surface area contributed by atoms with E-state index in [2.05, 4.69) is 6.58 Å². The van der Waals surface area contributed by atoms with Crippen molar-refractivity contribution in [2.24, 2.45) is 0 Å². The van der Waals surface area contributed by atoms with Gasteiger partial charge in [-0.2, -0.15) is 0 Å². The summed E-state index contributed by atoms with van der Waals surface area (Å²) in [5, 5.41) is 8.46. The highest BCUT2D eigenvalue weighted by Gasteiger charge is 2.05. The van der Waals surface area contributed by atoms with E-state index >= 15 is 0 Å². The summed E-state index contributed by atoms with van der Waals surface area (Å²) in [6.45, 7) is 5.89. The summed E-state index contributed by atoms with van der Waals surface area (Å²) in [7, 11) is 1.70. The maximum absolute atomic E-state index is 10.9. The molecule has 0 radical (unpaired) electrons. The van der Waals surface area contributed by atoms with Crippen molar-refractivity contribution in [3.63, 3.8) is 0 Å². The predicted molar refractivity (Wildman–Crippen MR) is 55.5 cm³/mol. The van der Waals surface area contributed by atoms with Crippen LogP contribution in [0.4, 0.5) is 0 Å². The Labute approximate surface area is 89.3 Å². The third kappa shape index (κ3) is 7.69. The molecule has 0 heterocycles. The van der Waals surface area contributed by atoms with E-state index in [1.54, 1.807) is 18.9 Å². The molecule has 0 rings (SSSR count). The molecule has 0 fully saturated rings. The number of carboxylic acid groups (broad SMARTS) is 1. The fraction of sp³-hybridized carbons (Fsp3) is 0.600. The number of carbonyl (C=O) groups excluding carboxylic acids is 1. The Morgan fingerprint density at radius 3 is 2.53 bits per heavy atom. The maximum Gasteiger partial charge on any atom is 0.333 e. The molecule has 0 unspecified atom stereocenters. The summed E-state index contributed by atoms with van der Waals surface area (Å²) in [5.41, 5.74) is 0.369. The van der Waals surface area contributed by atoms with Crippen molar-refractivity contribution >= 4 is 11.9 Å². The third-order valence-electron chi connectivity index (χ3n) is 1.67. The fourth-order valence-electron chi connectivity index (χ4n) is 0.932. The SMILES string of the molecule is C=C(C)C(=O)OCCCN(C)CC(=O)O. The Balaban J connectivity index is 3.50. The third-order valence-corrected chi connectivity index (χ3v) is 1.67. The smallest absolute Gasteiger partial charge is 0.333 e. The first-order valence-corrected chi connectivity index (χ1v) is 4.66. The van der Waals surface area contributed by atoms with Gasteiger partial charge in [0.25, 0.3) is 0 Å². The van der Waals surface area contributed by atoms with Crippen LogP contribution in [0, 0.1) is 0 Å². The molecule has 0 saturated carbocycles. The van der Waals surface area contributed by atoms with Gasteiger partial charge in [-0.05, 0) is 20.4 Å². The van der Waals surface area contributed by atoms with Crippen LogP contribution < -0.4 is 0 Å². The van der Waals surface area contributed by atoms with Gasteiger partial charge < -0.3 is 9.84 Å². The van der Waals surface area contributed by atoms with Gasteiger partial charge >= 0.3 is 11.9 Å². The zero-order valence-electron chi connectivity index (χ0n) is 9.15. The van der Waals surface area contributed by atoms with E-state index in [0.29, 0.717) is 18.5 Å². The summed E-state index contributed by atoms with van der Waals surface area (Å²) < 4.78 is 4.85. The Bertz CT molecular complexity index is 250. The average molecular weight is 215 g/mol. The van der Waals surface area contributed by atoms with Crippen LogP contribution in [0.1, 0.15) is 13.3 Å². The Morgan fingerprint density at radius 2 is 2.07 bits per heavy atom. The number of carbonyl (C=O) groups is 2. The minimum Gasteiger partial charge on any atom is -0.480 e. The lowest BCUT2D eigenvalue weighted by Crippen LogP contribution is -2.27. The van der Waals surface area contributed by atoms with Gasteiger partial charge in [0, 0.05) is 12.1 Å². The molecule has 0 saturated heterocycles. The predicted octanol–water partition coefficient (Wildman–Crippen LogP) is 0.512. The number of aliphatic carboxylic acids is 1. The lowest BCUT2D eigenvalue weighted by atomic mass is 10.3. The molecular weight excluding hydrogens is 198 g/mol. The topological polar surface area (TPSA) is 66.8 Å². The van der Waals surface area contributed by atoms with Gasteiger partial charge in [-0.3, -0.25) is 9.69 Å². The van der Waals surface area contributed by atoms with Crippen LogP contribution >= 0.6 is 0 Å². The van der Waals surface area contributed by atoms with Crippen molar-refractivity contribution in [1.82, 2.24) is 4.90 Å². The molecule has 0 aromatic heterocycles. The van der Waals surface area contributed by atoms with Crippen molar-refractivity contribution < 1.29 is 19.4 Å². The number of nitrogens with zero attached hydrogens (tertiary/aromatic N) is 1. The Morgan fingerprint density at radius 1 is 1.47 bits per heavy atom. The standard InChI is InChI=1S/C10H17NO4/c1-8(2)10(14)15-6-4-5-11(3)7-9(12)13/h1,4-7H2,2-3H3,(H,12,13). The molecule has 0 aromatic rings. The first-order chi connectivity index (χ1) is 6.93. The molecular formula is C10H17NO4. The second-order valence-electron chi connectivity index (χ2n) is 3.40. The monoisotopic (exact) mass is 215 g/mol. The molecule has 0 amide bonds. The van der Waals surface area contributed by atoms with E-state index in [9.17, 15) is 9.59 Å². The van der Waals surface area contributed by atoms with Crippen LogP contribution in [0.2, 0.25) is 0 Å². The van der Waals surface area contributed by atoms with Gasteiger partial charge in [-0.15, -0.1) is 0 Å². The number of hydrogen-bond acceptors (Lipinski definition) is 4. The summed E-state index contributed by atoms with van der Waals surface area (Å²) in [6, 6.07) is 0. The molecule has 0 aliphatic heterocycles. The quantitative estimate of drug-likeness (QED) is 0.381. The van der Waals surface area contributed by atoms with E-state index in [4.69, 9.17) is 9.84 Å². The van der Waals surface area contributed by atoms with Crippen LogP contribution in [-0.2, 0) is 14.3 Å². The molecule has 15 heavy (non-hydrogen) atoms. The van der Waals surface area contributed by atoms with Gasteiger partial charge in [0.2, 0.25) is 0 Å². The molecule has 0 aromatic carbocycles. The van der Waals surface area contributed by atoms with E-state index in [1.165, 1.54) is 0 Å². The maximum atomic E-state index is 10.9. The van der Waals surface area contributed by atoms with Crippen LogP contribution in [0.25, 0.3) is 0 Å². The molecule has 0 spiro atoms. The molecule has 0 bridgehead atoms. The molecule has 86 valence electrons.